The summed E-state index contributed by atoms with van der Waals surface area (Å²) in [6.45, 7) is 3.66. The van der Waals surface area contributed by atoms with Crippen LogP contribution in [0.2, 0.25) is 5.02 Å². The van der Waals surface area contributed by atoms with Crippen molar-refractivity contribution in [3.8, 4) is 0 Å². The highest BCUT2D eigenvalue weighted by molar-refractivity contribution is 7.91. The lowest BCUT2D eigenvalue weighted by Crippen LogP contribution is -2.33. The molecule has 1 unspecified atom stereocenters. The second kappa shape index (κ2) is 9.76. The van der Waals surface area contributed by atoms with Crippen LogP contribution in [0.25, 0.3) is 0 Å². The number of carbonyl (C=O) groups excluding carboxylic acids is 2. The molecule has 0 bridgehead atoms. The van der Waals surface area contributed by atoms with E-state index in [-0.39, 0.29) is 34.1 Å². The van der Waals surface area contributed by atoms with Crippen LogP contribution < -0.4 is 16.0 Å². The summed E-state index contributed by atoms with van der Waals surface area (Å²) in [5, 5.41) is 8.41. The van der Waals surface area contributed by atoms with Crippen LogP contribution in [-0.4, -0.2) is 39.1 Å². The molecule has 0 fully saturated rings. The first-order chi connectivity index (χ1) is 13.6. The van der Waals surface area contributed by atoms with Crippen molar-refractivity contribution in [3.63, 3.8) is 0 Å². The number of rotatable bonds is 8. The monoisotopic (exact) mass is 437 g/mol. The molecule has 0 aliphatic carbocycles. The lowest BCUT2D eigenvalue weighted by atomic mass is 10.1. The van der Waals surface area contributed by atoms with Crippen LogP contribution in [0.4, 0.5) is 11.4 Å². The van der Waals surface area contributed by atoms with Gasteiger partial charge >= 0.3 is 0 Å². The summed E-state index contributed by atoms with van der Waals surface area (Å²) >= 11 is 6.00. The lowest BCUT2D eigenvalue weighted by Gasteiger charge is -2.15. The van der Waals surface area contributed by atoms with E-state index in [0.717, 1.165) is 12.7 Å². The number of sulfone groups is 1. The first kappa shape index (κ1) is 22.7. The summed E-state index contributed by atoms with van der Waals surface area (Å²) in [6, 6.07) is 11.3. The summed E-state index contributed by atoms with van der Waals surface area (Å²) in [6.07, 6.45) is 1.83. The van der Waals surface area contributed by atoms with Crippen molar-refractivity contribution >= 4 is 44.6 Å². The maximum atomic E-state index is 12.4. The van der Waals surface area contributed by atoms with Gasteiger partial charge in [0.15, 0.2) is 9.84 Å². The Morgan fingerprint density at radius 2 is 1.72 bits per heavy atom. The molecule has 0 saturated heterocycles. The molecule has 0 radical (unpaired) electrons. The summed E-state index contributed by atoms with van der Waals surface area (Å²) in [5.74, 6) is -0.717. The van der Waals surface area contributed by atoms with Crippen molar-refractivity contribution < 1.29 is 18.0 Å². The van der Waals surface area contributed by atoms with Crippen LogP contribution in [0.5, 0.6) is 0 Å². The Morgan fingerprint density at radius 3 is 2.38 bits per heavy atom. The van der Waals surface area contributed by atoms with Crippen LogP contribution in [0.1, 0.15) is 30.6 Å². The van der Waals surface area contributed by atoms with Gasteiger partial charge in [-0.25, -0.2) is 8.42 Å². The van der Waals surface area contributed by atoms with Crippen molar-refractivity contribution in [1.29, 1.82) is 0 Å². The average Bonchev–Trinajstić information content (AvgIpc) is 2.65. The number of halogens is 1. The van der Waals surface area contributed by atoms with Gasteiger partial charge in [-0.1, -0.05) is 36.7 Å². The molecule has 1 atom stereocenters. The zero-order valence-corrected chi connectivity index (χ0v) is 18.0. The van der Waals surface area contributed by atoms with Gasteiger partial charge in [-0.3, -0.25) is 9.59 Å². The summed E-state index contributed by atoms with van der Waals surface area (Å²) in [4.78, 5) is 24.8. The smallest absolute Gasteiger partial charge is 0.253 e. The number of benzene rings is 2. The van der Waals surface area contributed by atoms with Gasteiger partial charge in [0.25, 0.3) is 5.91 Å². The molecule has 2 rings (SSSR count). The molecule has 7 nitrogen and oxygen atoms in total. The second-order valence-corrected chi connectivity index (χ2v) is 8.98. The fourth-order valence-corrected chi connectivity index (χ4v) is 4.15. The Bertz CT molecular complexity index is 1010. The first-order valence-electron chi connectivity index (χ1n) is 9.05. The van der Waals surface area contributed by atoms with Gasteiger partial charge in [-0.15, -0.1) is 0 Å². The molecule has 156 valence electrons. The van der Waals surface area contributed by atoms with Crippen LogP contribution in [-0.2, 0) is 14.6 Å². The van der Waals surface area contributed by atoms with Crippen LogP contribution in [0, 0.1) is 0 Å². The molecule has 29 heavy (non-hydrogen) atoms. The van der Waals surface area contributed by atoms with Crippen LogP contribution in [0.15, 0.2) is 47.4 Å². The number of nitrogens with one attached hydrogen (secondary N) is 3. The van der Waals surface area contributed by atoms with Gasteiger partial charge in [-0.05, 0) is 37.6 Å². The third kappa shape index (κ3) is 6.20. The van der Waals surface area contributed by atoms with E-state index in [0.29, 0.717) is 11.3 Å². The Balaban J connectivity index is 2.12. The molecule has 0 heterocycles. The Hall–Kier alpha value is -2.58. The minimum atomic E-state index is -3.58. The molecule has 0 aromatic heterocycles. The molecule has 3 N–H and O–H groups in total. The van der Waals surface area contributed by atoms with Crippen LogP contribution >= 0.6 is 11.6 Å². The van der Waals surface area contributed by atoms with E-state index in [9.17, 15) is 18.0 Å². The normalized spacial score (nSPS) is 12.1. The van der Waals surface area contributed by atoms with Gasteiger partial charge in [0.2, 0.25) is 5.91 Å². The average molecular weight is 438 g/mol. The fourth-order valence-electron chi connectivity index (χ4n) is 2.59. The van der Waals surface area contributed by atoms with E-state index < -0.39 is 15.7 Å². The largest absolute Gasteiger partial charge is 0.375 e. The predicted octanol–water partition coefficient (Wildman–Crippen LogP) is 3.32. The molecule has 0 spiro atoms. The van der Waals surface area contributed by atoms with Gasteiger partial charge in [0.1, 0.15) is 4.90 Å². The number of anilines is 2. The molecule has 2 amide bonds. The van der Waals surface area contributed by atoms with Crippen molar-refractivity contribution in [3.05, 3.63) is 53.1 Å². The molecule has 2 aromatic rings. The third-order valence-corrected chi connectivity index (χ3v) is 5.82. The van der Waals surface area contributed by atoms with Crippen molar-refractivity contribution in [1.82, 2.24) is 5.32 Å². The van der Waals surface area contributed by atoms with Gasteiger partial charge in [0, 0.05) is 12.3 Å². The van der Waals surface area contributed by atoms with E-state index in [1.165, 1.54) is 12.1 Å². The topological polar surface area (TPSA) is 104 Å². The van der Waals surface area contributed by atoms with Crippen molar-refractivity contribution in [2.24, 2.45) is 0 Å². The van der Waals surface area contributed by atoms with Crippen molar-refractivity contribution in [2.75, 3.05) is 23.4 Å². The van der Waals surface area contributed by atoms with Gasteiger partial charge < -0.3 is 16.0 Å². The molecular weight excluding hydrogens is 414 g/mol. The standard InChI is InChI=1S/C20H24ClN3O4S/c1-4-13(2)23-20(26)14-8-5-6-10-16(14)24-18(25)12-22-17-11-7-9-15(21)19(17)29(3,27)28/h5-11,13,22H,4,12H2,1-3H3,(H,23,26)(H,24,25). The minimum absolute atomic E-state index is 0.00478. The van der Waals surface area contributed by atoms with Crippen molar-refractivity contribution in [2.45, 2.75) is 31.2 Å². The van der Waals surface area contributed by atoms with Crippen LogP contribution in [0.3, 0.4) is 0 Å². The highest BCUT2D eigenvalue weighted by Gasteiger charge is 2.19. The molecular formula is C20H24ClN3O4S. The highest BCUT2D eigenvalue weighted by Crippen LogP contribution is 2.29. The number of hydrogen-bond acceptors (Lipinski definition) is 5. The van der Waals surface area contributed by atoms with E-state index in [1.807, 2.05) is 13.8 Å². The molecule has 9 heteroatoms. The van der Waals surface area contributed by atoms with E-state index in [2.05, 4.69) is 16.0 Å². The minimum Gasteiger partial charge on any atom is -0.375 e. The van der Waals surface area contributed by atoms with Gasteiger partial charge in [-0.2, -0.15) is 0 Å². The molecule has 0 aliphatic heterocycles. The zero-order chi connectivity index (χ0) is 21.6. The van der Waals surface area contributed by atoms with E-state index in [4.69, 9.17) is 11.6 Å². The van der Waals surface area contributed by atoms with Gasteiger partial charge in [0.05, 0.1) is 28.5 Å². The fraction of sp³-hybridized carbons (Fsp3) is 0.300. The molecule has 2 aromatic carbocycles. The highest BCUT2D eigenvalue weighted by atomic mass is 35.5. The summed E-state index contributed by atoms with van der Waals surface area (Å²) in [7, 11) is -3.58. The number of para-hydroxylation sites is 1. The Morgan fingerprint density at radius 1 is 1.07 bits per heavy atom. The Labute approximate surface area is 175 Å². The maximum absolute atomic E-state index is 12.4. The van der Waals surface area contributed by atoms with E-state index in [1.54, 1.807) is 30.3 Å². The van der Waals surface area contributed by atoms with E-state index >= 15 is 0 Å². The number of carbonyl (C=O) groups is 2. The SMILES string of the molecule is CCC(C)NC(=O)c1ccccc1NC(=O)CNc1cccc(Cl)c1S(C)(=O)=O. The zero-order valence-electron chi connectivity index (χ0n) is 16.5. The lowest BCUT2D eigenvalue weighted by molar-refractivity contribution is -0.114. The Kier molecular flexibility index (Phi) is 7.64. The molecule has 0 saturated carbocycles. The molecule has 0 aliphatic rings. The third-order valence-electron chi connectivity index (χ3n) is 4.21. The number of amides is 2. The quantitative estimate of drug-likeness (QED) is 0.587. The number of hydrogen-bond donors (Lipinski definition) is 3. The first-order valence-corrected chi connectivity index (χ1v) is 11.3. The maximum Gasteiger partial charge on any atom is 0.253 e. The second-order valence-electron chi connectivity index (χ2n) is 6.62. The predicted molar refractivity (Wildman–Crippen MR) is 115 cm³/mol. The summed E-state index contributed by atoms with van der Waals surface area (Å²) < 4.78 is 23.9. The summed E-state index contributed by atoms with van der Waals surface area (Å²) in [5.41, 5.74) is 0.952.